The molecule has 152 valence electrons. The molecule has 0 spiro atoms. The Labute approximate surface area is 167 Å². The van der Waals surface area contributed by atoms with Gasteiger partial charge < -0.3 is 4.90 Å². The van der Waals surface area contributed by atoms with Crippen molar-refractivity contribution in [2.24, 2.45) is 0 Å². The molecule has 1 aromatic carbocycles. The van der Waals surface area contributed by atoms with E-state index in [9.17, 15) is 13.2 Å². The van der Waals surface area contributed by atoms with E-state index in [2.05, 4.69) is 4.98 Å². The second-order valence-electron chi connectivity index (χ2n) is 7.09. The number of carbonyl (C=O) groups is 1. The van der Waals surface area contributed by atoms with Crippen LogP contribution in [-0.2, 0) is 14.8 Å². The smallest absolute Gasteiger partial charge is 0.245 e. The quantitative estimate of drug-likeness (QED) is 0.733. The average molecular weight is 405 g/mol. The van der Waals surface area contributed by atoms with E-state index in [1.807, 2.05) is 37.8 Å². The van der Waals surface area contributed by atoms with Crippen molar-refractivity contribution < 1.29 is 13.2 Å². The molecule has 28 heavy (non-hydrogen) atoms. The molecule has 0 atom stereocenters. The second-order valence-corrected chi connectivity index (χ2v) is 8.99. The fraction of sp³-hybridized carbons (Fsp3) is 0.500. The summed E-state index contributed by atoms with van der Waals surface area (Å²) in [5.74, 6) is 0.0925. The highest BCUT2D eigenvalue weighted by Crippen LogP contribution is 2.25. The number of aromatic nitrogens is 1. The van der Waals surface area contributed by atoms with E-state index in [1.54, 1.807) is 23.2 Å². The van der Waals surface area contributed by atoms with E-state index in [0.29, 0.717) is 51.3 Å². The monoisotopic (exact) mass is 404 g/mol. The van der Waals surface area contributed by atoms with Gasteiger partial charge in [0.05, 0.1) is 12.1 Å². The molecular weight excluding hydrogens is 376 g/mol. The van der Waals surface area contributed by atoms with Gasteiger partial charge in [0.15, 0.2) is 0 Å². The predicted molar refractivity (Wildman–Crippen MR) is 110 cm³/mol. The Morgan fingerprint density at radius 3 is 2.46 bits per heavy atom. The summed E-state index contributed by atoms with van der Waals surface area (Å²) in [6.07, 6.45) is 1.69. The van der Waals surface area contributed by atoms with Crippen LogP contribution < -0.4 is 0 Å². The maximum Gasteiger partial charge on any atom is 0.245 e. The van der Waals surface area contributed by atoms with Crippen LogP contribution in [-0.4, -0.2) is 79.2 Å². The molecule has 0 bridgehead atoms. The van der Waals surface area contributed by atoms with Crippen molar-refractivity contribution in [2.75, 3.05) is 45.8 Å². The van der Waals surface area contributed by atoms with Gasteiger partial charge in [-0.3, -0.25) is 14.7 Å². The molecule has 0 radical (unpaired) electrons. The number of likely N-dealkylation sites (N-methyl/N-ethyl adjacent to an activating group) is 1. The summed E-state index contributed by atoms with van der Waals surface area (Å²) in [5, 5.41) is 0.824. The molecule has 0 aliphatic carbocycles. The van der Waals surface area contributed by atoms with Crippen molar-refractivity contribution in [1.82, 2.24) is 19.1 Å². The summed E-state index contributed by atoms with van der Waals surface area (Å²) in [4.78, 5) is 20.7. The van der Waals surface area contributed by atoms with Crippen LogP contribution in [0.4, 0.5) is 0 Å². The van der Waals surface area contributed by atoms with Crippen LogP contribution in [0.15, 0.2) is 35.4 Å². The van der Waals surface area contributed by atoms with Gasteiger partial charge in [-0.1, -0.05) is 12.1 Å². The van der Waals surface area contributed by atoms with Gasteiger partial charge in [-0.25, -0.2) is 8.42 Å². The molecule has 1 aliphatic rings. The third kappa shape index (κ3) is 4.19. The minimum Gasteiger partial charge on any atom is -0.342 e. The highest BCUT2D eigenvalue weighted by molar-refractivity contribution is 7.89. The second kappa shape index (κ2) is 8.55. The number of para-hydroxylation sites is 1. The van der Waals surface area contributed by atoms with Crippen LogP contribution in [0.2, 0.25) is 0 Å². The van der Waals surface area contributed by atoms with Crippen molar-refractivity contribution in [2.45, 2.75) is 25.7 Å². The van der Waals surface area contributed by atoms with Gasteiger partial charge in [-0.15, -0.1) is 0 Å². The lowest BCUT2D eigenvalue weighted by Crippen LogP contribution is -2.51. The first-order valence-electron chi connectivity index (χ1n) is 9.72. The van der Waals surface area contributed by atoms with E-state index >= 15 is 0 Å². The van der Waals surface area contributed by atoms with Crippen LogP contribution in [0.1, 0.15) is 19.4 Å². The SMILES string of the molecule is CCN(CC)C(=O)CN1CCN(S(=O)(=O)c2cccc3cc(C)cnc23)CC1. The molecule has 0 N–H and O–H groups in total. The molecule has 1 fully saturated rings. The topological polar surface area (TPSA) is 73.8 Å². The molecule has 8 heteroatoms. The molecule has 1 amide bonds. The highest BCUT2D eigenvalue weighted by atomic mass is 32.2. The molecule has 1 saturated heterocycles. The third-order valence-electron chi connectivity index (χ3n) is 5.23. The van der Waals surface area contributed by atoms with Gasteiger partial charge in [-0.05, 0) is 38.5 Å². The van der Waals surface area contributed by atoms with Gasteiger partial charge in [0.1, 0.15) is 4.90 Å². The standard InChI is InChI=1S/C20H28N4O3S/c1-4-23(5-2)19(25)15-22-9-11-24(12-10-22)28(26,27)18-8-6-7-17-13-16(3)14-21-20(17)18/h6-8,13-14H,4-5,9-12,15H2,1-3H3. The first-order chi connectivity index (χ1) is 13.4. The summed E-state index contributed by atoms with van der Waals surface area (Å²) in [6, 6.07) is 7.20. The predicted octanol–water partition coefficient (Wildman–Crippen LogP) is 1.72. The Morgan fingerprint density at radius 1 is 1.14 bits per heavy atom. The molecule has 1 aliphatic heterocycles. The number of benzene rings is 1. The number of rotatable bonds is 6. The largest absolute Gasteiger partial charge is 0.342 e. The van der Waals surface area contributed by atoms with Crippen molar-refractivity contribution >= 4 is 26.8 Å². The van der Waals surface area contributed by atoms with Crippen molar-refractivity contribution in [3.05, 3.63) is 36.0 Å². The number of aryl methyl sites for hydroxylation is 1. The molecule has 3 rings (SSSR count). The first-order valence-corrected chi connectivity index (χ1v) is 11.2. The maximum absolute atomic E-state index is 13.2. The zero-order valence-corrected chi connectivity index (χ0v) is 17.6. The van der Waals surface area contributed by atoms with E-state index in [0.717, 1.165) is 10.9 Å². The van der Waals surface area contributed by atoms with Crippen LogP contribution in [0.5, 0.6) is 0 Å². The van der Waals surface area contributed by atoms with Gasteiger partial charge in [0.2, 0.25) is 15.9 Å². The Bertz CT molecular complexity index is 949. The van der Waals surface area contributed by atoms with Gasteiger partial charge >= 0.3 is 0 Å². The first kappa shape index (κ1) is 20.7. The molecule has 1 aromatic heterocycles. The fourth-order valence-electron chi connectivity index (χ4n) is 3.59. The fourth-order valence-corrected chi connectivity index (χ4v) is 5.17. The van der Waals surface area contributed by atoms with Crippen LogP contribution >= 0.6 is 0 Å². The van der Waals surface area contributed by atoms with Crippen molar-refractivity contribution in [1.29, 1.82) is 0 Å². The normalized spacial score (nSPS) is 16.4. The number of carbonyl (C=O) groups excluding carboxylic acids is 1. The van der Waals surface area contributed by atoms with E-state index in [-0.39, 0.29) is 10.8 Å². The number of nitrogens with zero attached hydrogens (tertiary/aromatic N) is 4. The molecule has 0 unspecified atom stereocenters. The lowest BCUT2D eigenvalue weighted by atomic mass is 10.2. The summed E-state index contributed by atoms with van der Waals surface area (Å²) < 4.78 is 27.9. The number of amides is 1. The Balaban J connectivity index is 1.73. The zero-order valence-electron chi connectivity index (χ0n) is 16.8. The van der Waals surface area contributed by atoms with E-state index in [4.69, 9.17) is 0 Å². The molecule has 2 heterocycles. The van der Waals surface area contributed by atoms with E-state index < -0.39 is 10.0 Å². The highest BCUT2D eigenvalue weighted by Gasteiger charge is 2.31. The van der Waals surface area contributed by atoms with Gasteiger partial charge in [0, 0.05) is 50.9 Å². The number of piperazine rings is 1. The summed E-state index contributed by atoms with van der Waals surface area (Å²) in [7, 11) is -3.63. The van der Waals surface area contributed by atoms with Crippen LogP contribution in [0.25, 0.3) is 10.9 Å². The maximum atomic E-state index is 13.2. The lowest BCUT2D eigenvalue weighted by molar-refractivity contribution is -0.132. The number of hydrogen-bond acceptors (Lipinski definition) is 5. The summed E-state index contributed by atoms with van der Waals surface area (Å²) in [5.41, 5.74) is 1.50. The number of fused-ring (bicyclic) bond motifs is 1. The number of pyridine rings is 1. The van der Waals surface area contributed by atoms with Crippen molar-refractivity contribution in [3.8, 4) is 0 Å². The molecular formula is C20H28N4O3S. The van der Waals surface area contributed by atoms with Gasteiger partial charge in [-0.2, -0.15) is 4.31 Å². The Hall–Kier alpha value is -2.03. The lowest BCUT2D eigenvalue weighted by Gasteiger charge is -2.34. The summed E-state index contributed by atoms with van der Waals surface area (Å²) in [6.45, 7) is 9.42. The minimum absolute atomic E-state index is 0.0925. The van der Waals surface area contributed by atoms with Crippen LogP contribution in [0, 0.1) is 6.92 Å². The van der Waals surface area contributed by atoms with Crippen LogP contribution in [0.3, 0.4) is 0 Å². The minimum atomic E-state index is -3.63. The summed E-state index contributed by atoms with van der Waals surface area (Å²) >= 11 is 0. The van der Waals surface area contributed by atoms with Crippen molar-refractivity contribution in [3.63, 3.8) is 0 Å². The molecule has 0 saturated carbocycles. The Morgan fingerprint density at radius 2 is 1.82 bits per heavy atom. The Kier molecular flexibility index (Phi) is 6.32. The number of hydrogen-bond donors (Lipinski definition) is 0. The zero-order chi connectivity index (χ0) is 20.3. The van der Waals surface area contributed by atoms with Gasteiger partial charge in [0.25, 0.3) is 0 Å². The number of sulfonamides is 1. The molecule has 7 nitrogen and oxygen atoms in total. The molecule has 2 aromatic rings. The van der Waals surface area contributed by atoms with E-state index in [1.165, 1.54) is 4.31 Å². The third-order valence-corrected chi connectivity index (χ3v) is 7.16. The average Bonchev–Trinajstić information content (AvgIpc) is 2.68.